The highest BCUT2D eigenvalue weighted by atomic mass is 32.2. The molecule has 2 rings (SSSR count). The van der Waals surface area contributed by atoms with Gasteiger partial charge < -0.3 is 13.9 Å². The first kappa shape index (κ1) is 21.8. The summed E-state index contributed by atoms with van der Waals surface area (Å²) in [5.74, 6) is 0.0101. The van der Waals surface area contributed by atoms with Crippen LogP contribution in [0, 0.1) is 0 Å². The lowest BCUT2D eigenvalue weighted by atomic mass is 10.1. The van der Waals surface area contributed by atoms with Gasteiger partial charge in [0.25, 0.3) is 0 Å². The Bertz CT molecular complexity index is 882. The highest BCUT2D eigenvalue weighted by Gasteiger charge is 2.48. The van der Waals surface area contributed by atoms with Crippen LogP contribution in [0.4, 0.5) is 13.2 Å². The van der Waals surface area contributed by atoms with Gasteiger partial charge >= 0.3 is 15.6 Å². The van der Waals surface area contributed by atoms with Crippen molar-refractivity contribution in [1.82, 2.24) is 10.2 Å². The van der Waals surface area contributed by atoms with Gasteiger partial charge in [-0.3, -0.25) is 9.69 Å². The summed E-state index contributed by atoms with van der Waals surface area (Å²) in [6, 6.07) is 8.83. The van der Waals surface area contributed by atoms with Gasteiger partial charge in [-0.05, 0) is 36.2 Å². The number of benzene rings is 1. The molecule has 0 unspecified atom stereocenters. The third-order valence-electron chi connectivity index (χ3n) is 3.71. The van der Waals surface area contributed by atoms with Crippen LogP contribution < -0.4 is 9.50 Å². The van der Waals surface area contributed by atoms with E-state index in [1.165, 1.54) is 25.4 Å². The minimum absolute atomic E-state index is 0.0931. The Kier molecular flexibility index (Phi) is 7.08. The van der Waals surface area contributed by atoms with Crippen molar-refractivity contribution in [3.8, 4) is 5.75 Å². The molecule has 7 nitrogen and oxygen atoms in total. The van der Waals surface area contributed by atoms with Crippen molar-refractivity contribution in [3.05, 3.63) is 54.0 Å². The number of nitrogens with one attached hydrogen (secondary N) is 1. The van der Waals surface area contributed by atoms with E-state index < -0.39 is 21.4 Å². The third kappa shape index (κ3) is 6.27. The van der Waals surface area contributed by atoms with Crippen molar-refractivity contribution in [2.24, 2.45) is 0 Å². The standard InChI is InChI=1S/C17H19F3N2O5S/c1-21-16(23)12-22(11-15-6-3-9-26-15)8-7-13-4-2-5-14(10-13)27-28(24,25)17(18,19)20/h2-6,9-10H,7-8,11-12H2,1H3,(H,21,23). The zero-order valence-corrected chi connectivity index (χ0v) is 15.7. The molecule has 1 heterocycles. The minimum Gasteiger partial charge on any atom is -0.468 e. The van der Waals surface area contributed by atoms with Crippen LogP contribution in [-0.4, -0.2) is 44.9 Å². The molecular formula is C17H19F3N2O5S. The largest absolute Gasteiger partial charge is 0.534 e. The lowest BCUT2D eigenvalue weighted by molar-refractivity contribution is -0.121. The lowest BCUT2D eigenvalue weighted by Crippen LogP contribution is -2.36. The molecule has 0 bridgehead atoms. The lowest BCUT2D eigenvalue weighted by Gasteiger charge is -2.20. The summed E-state index contributed by atoms with van der Waals surface area (Å²) in [5, 5.41) is 2.52. The maximum absolute atomic E-state index is 12.4. The van der Waals surface area contributed by atoms with Crippen molar-refractivity contribution in [2.75, 3.05) is 20.1 Å². The van der Waals surface area contributed by atoms with E-state index in [1.807, 2.05) is 0 Å². The van der Waals surface area contributed by atoms with Crippen LogP contribution in [0.25, 0.3) is 0 Å². The van der Waals surface area contributed by atoms with Crippen LogP contribution >= 0.6 is 0 Å². The van der Waals surface area contributed by atoms with Gasteiger partial charge in [-0.2, -0.15) is 21.6 Å². The molecule has 1 N–H and O–H groups in total. The molecule has 154 valence electrons. The van der Waals surface area contributed by atoms with E-state index in [0.717, 1.165) is 6.07 Å². The fourth-order valence-corrected chi connectivity index (χ4v) is 2.78. The number of hydrogen-bond donors (Lipinski definition) is 1. The number of rotatable bonds is 9. The molecule has 0 saturated carbocycles. The maximum Gasteiger partial charge on any atom is 0.534 e. The summed E-state index contributed by atoms with van der Waals surface area (Å²) in [4.78, 5) is 13.5. The Labute approximate surface area is 160 Å². The normalized spacial score (nSPS) is 12.2. The van der Waals surface area contributed by atoms with E-state index >= 15 is 0 Å². The third-order valence-corrected chi connectivity index (χ3v) is 4.69. The topological polar surface area (TPSA) is 88.9 Å². The van der Waals surface area contributed by atoms with E-state index in [0.29, 0.717) is 30.8 Å². The van der Waals surface area contributed by atoms with E-state index in [1.54, 1.807) is 23.1 Å². The zero-order valence-electron chi connectivity index (χ0n) is 14.9. The second kappa shape index (κ2) is 9.11. The molecule has 0 spiro atoms. The van der Waals surface area contributed by atoms with Gasteiger partial charge in [-0.25, -0.2) is 0 Å². The summed E-state index contributed by atoms with van der Waals surface area (Å²) in [6.45, 7) is 0.832. The molecule has 0 radical (unpaired) electrons. The minimum atomic E-state index is -5.73. The molecule has 0 aliphatic carbocycles. The van der Waals surface area contributed by atoms with Gasteiger partial charge in [0.2, 0.25) is 5.91 Å². The van der Waals surface area contributed by atoms with Crippen LogP contribution in [0.2, 0.25) is 0 Å². The van der Waals surface area contributed by atoms with Crippen molar-refractivity contribution in [2.45, 2.75) is 18.5 Å². The van der Waals surface area contributed by atoms with Crippen LogP contribution in [0.3, 0.4) is 0 Å². The van der Waals surface area contributed by atoms with Crippen molar-refractivity contribution < 1.29 is 35.0 Å². The molecule has 0 aliphatic rings. The van der Waals surface area contributed by atoms with Crippen molar-refractivity contribution >= 4 is 16.0 Å². The first-order valence-corrected chi connectivity index (χ1v) is 9.56. The Morgan fingerprint density at radius 2 is 2.00 bits per heavy atom. The molecule has 1 aromatic carbocycles. The number of hydrogen-bond acceptors (Lipinski definition) is 6. The average Bonchev–Trinajstić information content (AvgIpc) is 3.11. The van der Waals surface area contributed by atoms with Gasteiger partial charge in [0.15, 0.2) is 0 Å². The fraction of sp³-hybridized carbons (Fsp3) is 0.353. The molecule has 1 aromatic heterocycles. The Morgan fingerprint density at radius 3 is 2.61 bits per heavy atom. The summed E-state index contributed by atoms with van der Waals surface area (Å²) in [7, 11) is -4.22. The van der Waals surface area contributed by atoms with Crippen molar-refractivity contribution in [1.29, 1.82) is 0 Å². The number of halogens is 3. The first-order chi connectivity index (χ1) is 13.1. The van der Waals surface area contributed by atoms with E-state index in [4.69, 9.17) is 4.42 Å². The maximum atomic E-state index is 12.4. The van der Waals surface area contributed by atoms with Gasteiger partial charge in [-0.1, -0.05) is 12.1 Å². The van der Waals surface area contributed by atoms with Gasteiger partial charge in [0.1, 0.15) is 11.5 Å². The summed E-state index contributed by atoms with van der Waals surface area (Å²) in [6.07, 6.45) is 1.86. The molecule has 0 aliphatic heterocycles. The molecular weight excluding hydrogens is 401 g/mol. The van der Waals surface area contributed by atoms with Gasteiger partial charge in [0, 0.05) is 13.6 Å². The van der Waals surface area contributed by atoms with Crippen LogP contribution in [0.5, 0.6) is 5.75 Å². The Balaban J connectivity index is 2.05. The zero-order chi connectivity index (χ0) is 20.8. The number of furan rings is 1. The predicted octanol–water partition coefficient (Wildman–Crippen LogP) is 2.30. The monoisotopic (exact) mass is 420 g/mol. The summed E-state index contributed by atoms with van der Waals surface area (Å²) >= 11 is 0. The molecule has 2 aromatic rings. The number of nitrogens with zero attached hydrogens (tertiary/aromatic N) is 1. The molecule has 1 amide bonds. The number of alkyl halides is 3. The summed E-state index contributed by atoms with van der Waals surface area (Å²) < 4.78 is 69.0. The Morgan fingerprint density at radius 1 is 1.25 bits per heavy atom. The highest BCUT2D eigenvalue weighted by molar-refractivity contribution is 7.88. The quantitative estimate of drug-likeness (QED) is 0.495. The van der Waals surface area contributed by atoms with Crippen LogP contribution in [0.15, 0.2) is 47.1 Å². The second-order valence-electron chi connectivity index (χ2n) is 5.84. The molecule has 0 atom stereocenters. The predicted molar refractivity (Wildman–Crippen MR) is 93.8 cm³/mol. The second-order valence-corrected chi connectivity index (χ2v) is 7.38. The number of carbonyl (C=O) groups is 1. The van der Waals surface area contributed by atoms with Crippen LogP contribution in [-0.2, 0) is 27.9 Å². The average molecular weight is 420 g/mol. The van der Waals surface area contributed by atoms with Gasteiger partial charge in [0.05, 0.1) is 19.4 Å². The number of carbonyl (C=O) groups excluding carboxylic acids is 1. The smallest absolute Gasteiger partial charge is 0.468 e. The number of amides is 1. The van der Waals surface area contributed by atoms with E-state index in [-0.39, 0.29) is 12.5 Å². The fourth-order valence-electron chi connectivity index (χ4n) is 2.33. The van der Waals surface area contributed by atoms with E-state index in [2.05, 4.69) is 9.50 Å². The summed E-state index contributed by atoms with van der Waals surface area (Å²) in [5.41, 5.74) is -4.95. The first-order valence-electron chi connectivity index (χ1n) is 8.16. The molecule has 0 saturated heterocycles. The van der Waals surface area contributed by atoms with Crippen molar-refractivity contribution in [3.63, 3.8) is 0 Å². The molecule has 11 heteroatoms. The SMILES string of the molecule is CNC(=O)CN(CCc1cccc(OS(=O)(=O)C(F)(F)F)c1)Cc1ccco1. The van der Waals surface area contributed by atoms with E-state index in [9.17, 15) is 26.4 Å². The van der Waals surface area contributed by atoms with Gasteiger partial charge in [-0.15, -0.1) is 0 Å². The van der Waals surface area contributed by atoms with Crippen LogP contribution in [0.1, 0.15) is 11.3 Å². The Hall–Kier alpha value is -2.53. The number of likely N-dealkylation sites (N-methyl/N-ethyl adjacent to an activating group) is 1. The molecule has 28 heavy (non-hydrogen) atoms. The highest BCUT2D eigenvalue weighted by Crippen LogP contribution is 2.27. The molecule has 0 fully saturated rings.